The molecule has 1 fully saturated rings. The van der Waals surface area contributed by atoms with Crippen molar-refractivity contribution in [1.29, 1.82) is 0 Å². The number of nitrogens with one attached hydrogen (secondary N) is 3. The molecule has 2 heterocycles. The Balaban J connectivity index is 1.28. The summed E-state index contributed by atoms with van der Waals surface area (Å²) in [5.74, 6) is -0.123. The van der Waals surface area contributed by atoms with Gasteiger partial charge in [0.15, 0.2) is 5.13 Å². The number of carbonyl (C=O) groups is 2. The first-order valence-corrected chi connectivity index (χ1v) is 15.6. The average Bonchev–Trinajstić information content (AvgIpc) is 3.72. The molecule has 2 aromatic heterocycles. The number of H-pyrrole nitrogens is 1. The Hall–Kier alpha value is -5.06. The lowest BCUT2D eigenvalue weighted by Gasteiger charge is -2.25. The minimum absolute atomic E-state index is 0.0181. The highest BCUT2D eigenvalue weighted by Crippen LogP contribution is 2.43. The van der Waals surface area contributed by atoms with Crippen LogP contribution in [0, 0.1) is 0 Å². The van der Waals surface area contributed by atoms with Crippen LogP contribution in [-0.4, -0.2) is 37.5 Å². The second kappa shape index (κ2) is 13.2. The first-order chi connectivity index (χ1) is 22.8. The van der Waals surface area contributed by atoms with E-state index in [0.29, 0.717) is 34.6 Å². The molecule has 3 N–H and O–H groups in total. The van der Waals surface area contributed by atoms with E-state index in [-0.39, 0.29) is 29.3 Å². The smallest absolute Gasteiger partial charge is 0.290 e. The number of halogens is 6. The molecule has 0 radical (unpaired) electrons. The van der Waals surface area contributed by atoms with Crippen molar-refractivity contribution in [2.45, 2.75) is 56.9 Å². The van der Waals surface area contributed by atoms with Gasteiger partial charge >= 0.3 is 18.4 Å². The number of nitrogens with zero attached hydrogens (tertiary/aromatic N) is 5. The number of urea groups is 1. The summed E-state index contributed by atoms with van der Waals surface area (Å²) >= 11 is 0.427. The van der Waals surface area contributed by atoms with Crippen molar-refractivity contribution in [1.82, 2.24) is 25.6 Å². The van der Waals surface area contributed by atoms with E-state index < -0.39 is 45.6 Å². The Morgan fingerprint density at radius 3 is 2.23 bits per heavy atom. The fourth-order valence-corrected chi connectivity index (χ4v) is 6.56. The summed E-state index contributed by atoms with van der Waals surface area (Å²) < 4.78 is 81.0. The summed E-state index contributed by atoms with van der Waals surface area (Å²) in [5.41, 5.74) is -1.09. The number of aromatic nitrogens is 5. The molecule has 3 aromatic carbocycles. The zero-order valence-electron chi connectivity index (χ0n) is 24.8. The van der Waals surface area contributed by atoms with Crippen LogP contribution < -0.4 is 15.5 Å². The molecule has 0 unspecified atom stereocenters. The molecule has 0 spiro atoms. The van der Waals surface area contributed by atoms with Crippen LogP contribution in [0.15, 0.2) is 60.7 Å². The number of hydrogen-bond acceptors (Lipinski definition) is 7. The number of alkyl halides is 6. The Morgan fingerprint density at radius 2 is 1.60 bits per heavy atom. The number of rotatable bonds is 7. The number of tetrazole rings is 1. The van der Waals surface area contributed by atoms with E-state index in [4.69, 9.17) is 0 Å². The van der Waals surface area contributed by atoms with Gasteiger partial charge in [-0.25, -0.2) is 9.78 Å². The van der Waals surface area contributed by atoms with Crippen molar-refractivity contribution in [3.8, 4) is 0 Å². The summed E-state index contributed by atoms with van der Waals surface area (Å²) in [6.45, 7) is -0.0295. The van der Waals surface area contributed by atoms with Crippen LogP contribution in [0.3, 0.4) is 0 Å². The SMILES string of the molecule is O=C(Nc1nn[nH]n1)c1ccc(CN(C(=O)Nc2nc3cc(C(F)(F)F)cc(C(F)(F)F)c3s2)c2ccc(C3CCCCC3)cc2)cc1. The van der Waals surface area contributed by atoms with E-state index in [1.165, 1.54) is 23.5 Å². The van der Waals surface area contributed by atoms with Crippen LogP contribution in [0.2, 0.25) is 0 Å². The van der Waals surface area contributed by atoms with E-state index >= 15 is 0 Å². The Bertz CT molecular complexity index is 1900. The lowest BCUT2D eigenvalue weighted by molar-refractivity contribution is -0.142. The Morgan fingerprint density at radius 1 is 0.896 bits per heavy atom. The molecule has 10 nitrogen and oxygen atoms in total. The summed E-state index contributed by atoms with van der Waals surface area (Å²) in [5, 5.41) is 17.6. The first-order valence-electron chi connectivity index (χ1n) is 14.8. The lowest BCUT2D eigenvalue weighted by atomic mass is 9.84. The lowest BCUT2D eigenvalue weighted by Crippen LogP contribution is -2.34. The van der Waals surface area contributed by atoms with Crippen molar-refractivity contribution in [2.24, 2.45) is 0 Å². The fraction of sp³-hybridized carbons (Fsp3) is 0.290. The molecule has 3 amide bonds. The molecule has 1 aliphatic rings. The number of fused-ring (bicyclic) bond motifs is 1. The van der Waals surface area contributed by atoms with Crippen LogP contribution in [0.4, 0.5) is 47.9 Å². The van der Waals surface area contributed by atoms with Crippen molar-refractivity contribution >= 4 is 50.3 Å². The quantitative estimate of drug-likeness (QED) is 0.147. The third kappa shape index (κ3) is 7.40. The van der Waals surface area contributed by atoms with Crippen LogP contribution in [0.1, 0.15) is 70.6 Å². The highest BCUT2D eigenvalue weighted by atomic mass is 32.1. The van der Waals surface area contributed by atoms with Gasteiger partial charge in [-0.2, -0.15) is 31.6 Å². The van der Waals surface area contributed by atoms with Crippen molar-refractivity contribution < 1.29 is 35.9 Å². The fourth-order valence-electron chi connectivity index (χ4n) is 5.59. The normalized spacial score (nSPS) is 14.2. The summed E-state index contributed by atoms with van der Waals surface area (Å²) in [7, 11) is 0. The van der Waals surface area contributed by atoms with Gasteiger partial charge in [-0.05, 0) is 71.5 Å². The van der Waals surface area contributed by atoms with Gasteiger partial charge in [-0.3, -0.25) is 20.3 Å². The molecule has 48 heavy (non-hydrogen) atoms. The van der Waals surface area contributed by atoms with Gasteiger partial charge < -0.3 is 0 Å². The highest BCUT2D eigenvalue weighted by molar-refractivity contribution is 7.22. The zero-order chi connectivity index (χ0) is 34.1. The largest absolute Gasteiger partial charge is 0.417 e. The highest BCUT2D eigenvalue weighted by Gasteiger charge is 2.39. The Labute approximate surface area is 272 Å². The number of aromatic amines is 1. The van der Waals surface area contributed by atoms with E-state index in [1.807, 2.05) is 12.1 Å². The van der Waals surface area contributed by atoms with Crippen molar-refractivity contribution in [2.75, 3.05) is 15.5 Å². The van der Waals surface area contributed by atoms with Gasteiger partial charge in [0.25, 0.3) is 11.9 Å². The van der Waals surface area contributed by atoms with Crippen molar-refractivity contribution in [3.05, 3.63) is 88.5 Å². The average molecular weight is 689 g/mol. The molecular formula is C31H26F6N8O2S. The van der Waals surface area contributed by atoms with E-state index in [1.54, 1.807) is 24.3 Å². The maximum absolute atomic E-state index is 13.8. The number of hydrogen-bond donors (Lipinski definition) is 3. The van der Waals surface area contributed by atoms with Crippen LogP contribution in [0.5, 0.6) is 0 Å². The second-order valence-electron chi connectivity index (χ2n) is 11.2. The predicted octanol–water partition coefficient (Wildman–Crippen LogP) is 8.39. The standard InChI is InChI=1S/C31H26F6N8O2S/c32-30(33,34)21-14-23(31(35,36)37)25-24(15-21)38-28(48-25)40-29(47)45(22-12-10-19(11-13-22)18-4-2-1-3-5-18)16-17-6-8-20(9-7-17)26(46)39-27-41-43-44-42-27/h6-15,18H,1-5,16H2,(H,38,40,47)(H2,39,41,42,43,44,46). The first kappa shape index (κ1) is 32.9. The minimum atomic E-state index is -5.09. The number of anilines is 3. The molecule has 5 aromatic rings. The van der Waals surface area contributed by atoms with Crippen LogP contribution >= 0.6 is 11.3 Å². The van der Waals surface area contributed by atoms with E-state index in [0.717, 1.165) is 31.2 Å². The molecule has 250 valence electrons. The topological polar surface area (TPSA) is 129 Å². The Kier molecular flexibility index (Phi) is 9.05. The van der Waals surface area contributed by atoms with Crippen molar-refractivity contribution in [3.63, 3.8) is 0 Å². The molecule has 1 saturated carbocycles. The van der Waals surface area contributed by atoms with Gasteiger partial charge in [0.1, 0.15) is 0 Å². The predicted molar refractivity (Wildman–Crippen MR) is 166 cm³/mol. The third-order valence-electron chi connectivity index (χ3n) is 7.99. The number of amides is 3. The van der Waals surface area contributed by atoms with Gasteiger partial charge in [-0.1, -0.05) is 60.0 Å². The monoisotopic (exact) mass is 688 g/mol. The second-order valence-corrected chi connectivity index (χ2v) is 12.2. The molecule has 6 rings (SSSR count). The third-order valence-corrected chi connectivity index (χ3v) is 9.01. The molecule has 0 saturated heterocycles. The molecule has 1 aliphatic carbocycles. The van der Waals surface area contributed by atoms with Crippen LogP contribution in [-0.2, 0) is 18.9 Å². The van der Waals surface area contributed by atoms with Gasteiger partial charge in [0.2, 0.25) is 0 Å². The minimum Gasteiger partial charge on any atom is -0.290 e. The molecule has 17 heteroatoms. The summed E-state index contributed by atoms with van der Waals surface area (Å²) in [4.78, 5) is 31.5. The molecule has 0 bridgehead atoms. The van der Waals surface area contributed by atoms with Crippen LogP contribution in [0.25, 0.3) is 10.2 Å². The maximum Gasteiger partial charge on any atom is 0.417 e. The number of benzene rings is 3. The summed E-state index contributed by atoms with van der Waals surface area (Å²) in [6, 6.07) is 13.5. The van der Waals surface area contributed by atoms with E-state index in [9.17, 15) is 35.9 Å². The van der Waals surface area contributed by atoms with Gasteiger partial charge in [0.05, 0.1) is 27.9 Å². The van der Waals surface area contributed by atoms with Gasteiger partial charge in [-0.15, -0.1) is 5.10 Å². The molecule has 0 aliphatic heterocycles. The zero-order valence-corrected chi connectivity index (χ0v) is 25.6. The number of thiazole rings is 1. The maximum atomic E-state index is 13.8. The molecular weight excluding hydrogens is 662 g/mol. The van der Waals surface area contributed by atoms with E-state index in [2.05, 4.69) is 36.2 Å². The number of carbonyl (C=O) groups excluding carboxylic acids is 2. The summed E-state index contributed by atoms with van der Waals surface area (Å²) in [6.07, 6.45) is -4.56. The van der Waals surface area contributed by atoms with Gasteiger partial charge in [0, 0.05) is 11.3 Å². The molecule has 0 atom stereocenters.